The van der Waals surface area contributed by atoms with E-state index < -0.39 is 3.41 Å². The molecule has 0 bridgehead atoms. The smallest absolute Gasteiger partial charge is 0.111 e. The predicted molar refractivity (Wildman–Crippen MR) is 71.2 cm³/mol. The van der Waals surface area contributed by atoms with Crippen molar-refractivity contribution in [2.24, 2.45) is 0 Å². The van der Waals surface area contributed by atoms with Crippen LogP contribution in [0.2, 0.25) is 0 Å². The first-order valence-corrected chi connectivity index (χ1v) is 6.55. The van der Waals surface area contributed by atoms with Crippen LogP contribution in [-0.4, -0.2) is 8.24 Å². The molecule has 0 spiro atoms. The maximum atomic E-state index is 4.26. The molecule has 0 heterocycles. The molecule has 0 rings (SSSR count). The lowest BCUT2D eigenvalue weighted by Gasteiger charge is -2.22. The first-order chi connectivity index (χ1) is 5.48. The van der Waals surface area contributed by atoms with Gasteiger partial charge in [0.2, 0.25) is 0 Å². The lowest BCUT2D eigenvalue weighted by atomic mass is 10.1. The van der Waals surface area contributed by atoms with Gasteiger partial charge in [-0.15, -0.1) is 0 Å². The molecule has 0 saturated carbocycles. The Labute approximate surface area is 101 Å². The van der Waals surface area contributed by atoms with Crippen molar-refractivity contribution in [3.05, 3.63) is 0 Å². The molecule has 0 aliphatic rings. The molecule has 74 valence electrons. The number of alkyl halides is 1. The molecule has 0 aliphatic heterocycles. The Balaban J connectivity index is 3.38. The van der Waals surface area contributed by atoms with Crippen molar-refractivity contribution >= 4 is 53.8 Å². The molecule has 0 nitrogen and oxygen atoms in total. The molecule has 0 fully saturated rings. The zero-order valence-electron chi connectivity index (χ0n) is 7.33. The summed E-state index contributed by atoms with van der Waals surface area (Å²) in [5, 5.41) is 0. The zero-order chi connectivity index (χ0) is 9.61. The summed E-state index contributed by atoms with van der Waals surface area (Å²) in [6.45, 7) is 2.21. The SMILES string of the molecule is CCCCCCC(Br)C(S)(S)S. The van der Waals surface area contributed by atoms with Gasteiger partial charge in [-0.25, -0.2) is 0 Å². The minimum absolute atomic E-state index is 0.275. The summed E-state index contributed by atoms with van der Waals surface area (Å²) in [7, 11) is 0. The highest BCUT2D eigenvalue weighted by Gasteiger charge is 2.24. The van der Waals surface area contributed by atoms with E-state index in [2.05, 4.69) is 60.7 Å². The van der Waals surface area contributed by atoms with E-state index in [4.69, 9.17) is 0 Å². The minimum Gasteiger partial charge on any atom is -0.150 e. The van der Waals surface area contributed by atoms with Gasteiger partial charge in [0, 0.05) is 4.83 Å². The Morgan fingerprint density at radius 2 is 1.75 bits per heavy atom. The van der Waals surface area contributed by atoms with E-state index in [0.29, 0.717) is 0 Å². The van der Waals surface area contributed by atoms with Crippen LogP contribution in [-0.2, 0) is 0 Å². The van der Waals surface area contributed by atoms with E-state index in [-0.39, 0.29) is 4.83 Å². The summed E-state index contributed by atoms with van der Waals surface area (Å²) < 4.78 is -0.494. The van der Waals surface area contributed by atoms with Crippen molar-refractivity contribution in [3.63, 3.8) is 0 Å². The molecule has 1 atom stereocenters. The molecule has 0 N–H and O–H groups in total. The van der Waals surface area contributed by atoms with Gasteiger partial charge in [-0.2, -0.15) is 37.9 Å². The standard InChI is InChI=1S/C8H17BrS3/c1-2-3-4-5-6-7(9)8(10,11)12/h7,10-12H,2-6H2,1H3. The molecular weight excluding hydrogens is 272 g/mol. The molecule has 0 amide bonds. The van der Waals surface area contributed by atoms with Crippen molar-refractivity contribution in [2.45, 2.75) is 47.3 Å². The average Bonchev–Trinajstić information content (AvgIpc) is 1.96. The molecule has 4 heteroatoms. The highest BCUT2D eigenvalue weighted by Crippen LogP contribution is 2.36. The lowest BCUT2D eigenvalue weighted by molar-refractivity contribution is 0.628. The fourth-order valence-corrected chi connectivity index (χ4v) is 1.66. The van der Waals surface area contributed by atoms with Crippen molar-refractivity contribution < 1.29 is 0 Å². The van der Waals surface area contributed by atoms with Crippen molar-refractivity contribution in [1.29, 1.82) is 0 Å². The number of thiol groups is 3. The first kappa shape index (κ1) is 13.5. The quantitative estimate of drug-likeness (QED) is 0.278. The van der Waals surface area contributed by atoms with Gasteiger partial charge in [-0.05, 0) is 6.42 Å². The third-order valence-electron chi connectivity index (χ3n) is 1.73. The van der Waals surface area contributed by atoms with E-state index in [1.807, 2.05) is 0 Å². The van der Waals surface area contributed by atoms with Gasteiger partial charge in [0.15, 0.2) is 0 Å². The number of hydrogen-bond donors (Lipinski definition) is 3. The summed E-state index contributed by atoms with van der Waals surface area (Å²) in [6.07, 6.45) is 6.22. The van der Waals surface area contributed by atoms with Gasteiger partial charge in [0.05, 0.1) is 0 Å². The van der Waals surface area contributed by atoms with Crippen LogP contribution in [0.1, 0.15) is 39.0 Å². The Bertz CT molecular complexity index is 111. The third-order valence-corrected chi connectivity index (χ3v) is 4.87. The van der Waals surface area contributed by atoms with E-state index in [1.165, 1.54) is 25.7 Å². The molecule has 0 aromatic heterocycles. The van der Waals surface area contributed by atoms with Gasteiger partial charge >= 0.3 is 0 Å². The van der Waals surface area contributed by atoms with Crippen LogP contribution < -0.4 is 0 Å². The average molecular weight is 289 g/mol. The number of rotatable bonds is 6. The maximum absolute atomic E-state index is 4.26. The highest BCUT2D eigenvalue weighted by molar-refractivity contribution is 9.09. The third kappa shape index (κ3) is 6.98. The van der Waals surface area contributed by atoms with Crippen LogP contribution in [0.3, 0.4) is 0 Å². The summed E-state index contributed by atoms with van der Waals surface area (Å²) in [4.78, 5) is 0.275. The Morgan fingerprint density at radius 3 is 2.17 bits per heavy atom. The van der Waals surface area contributed by atoms with Gasteiger partial charge in [0.1, 0.15) is 3.41 Å². The Kier molecular flexibility index (Phi) is 7.79. The largest absolute Gasteiger partial charge is 0.150 e. The van der Waals surface area contributed by atoms with Crippen LogP contribution in [0.15, 0.2) is 0 Å². The normalized spacial score (nSPS) is 14.8. The zero-order valence-corrected chi connectivity index (χ0v) is 11.6. The van der Waals surface area contributed by atoms with E-state index in [9.17, 15) is 0 Å². The van der Waals surface area contributed by atoms with Gasteiger partial charge in [-0.3, -0.25) is 0 Å². The molecule has 12 heavy (non-hydrogen) atoms. The molecule has 0 saturated heterocycles. The topological polar surface area (TPSA) is 0 Å². The number of halogens is 1. The highest BCUT2D eigenvalue weighted by atomic mass is 79.9. The molecule has 0 radical (unpaired) electrons. The Morgan fingerprint density at radius 1 is 1.17 bits per heavy atom. The van der Waals surface area contributed by atoms with E-state index in [1.54, 1.807) is 0 Å². The Hall–Kier alpha value is 1.53. The minimum atomic E-state index is -0.494. The second kappa shape index (κ2) is 6.91. The van der Waals surface area contributed by atoms with E-state index >= 15 is 0 Å². The van der Waals surface area contributed by atoms with Gasteiger partial charge in [0.25, 0.3) is 0 Å². The van der Waals surface area contributed by atoms with E-state index in [0.717, 1.165) is 6.42 Å². The van der Waals surface area contributed by atoms with Crippen LogP contribution in [0.5, 0.6) is 0 Å². The number of hydrogen-bond acceptors (Lipinski definition) is 3. The summed E-state index contributed by atoms with van der Waals surface area (Å²) >= 11 is 16.3. The van der Waals surface area contributed by atoms with Crippen LogP contribution >= 0.6 is 53.8 Å². The molecule has 0 aromatic rings. The van der Waals surface area contributed by atoms with Crippen molar-refractivity contribution in [1.82, 2.24) is 0 Å². The summed E-state index contributed by atoms with van der Waals surface area (Å²) in [5.41, 5.74) is 0. The van der Waals surface area contributed by atoms with Crippen LogP contribution in [0, 0.1) is 0 Å². The second-order valence-electron chi connectivity index (χ2n) is 3.00. The fourth-order valence-electron chi connectivity index (χ4n) is 0.944. The second-order valence-corrected chi connectivity index (χ2v) is 7.28. The maximum Gasteiger partial charge on any atom is 0.111 e. The van der Waals surface area contributed by atoms with Crippen LogP contribution in [0.25, 0.3) is 0 Å². The van der Waals surface area contributed by atoms with Crippen molar-refractivity contribution in [2.75, 3.05) is 0 Å². The summed E-state index contributed by atoms with van der Waals surface area (Å²) in [6, 6.07) is 0. The molecule has 0 aromatic carbocycles. The predicted octanol–water partition coefficient (Wildman–Crippen LogP) is 4.16. The van der Waals surface area contributed by atoms with Gasteiger partial charge in [-0.1, -0.05) is 48.5 Å². The monoisotopic (exact) mass is 288 g/mol. The molecule has 1 unspecified atom stereocenters. The first-order valence-electron chi connectivity index (χ1n) is 4.29. The van der Waals surface area contributed by atoms with Crippen molar-refractivity contribution in [3.8, 4) is 0 Å². The molecular formula is C8H17BrS3. The number of unbranched alkanes of at least 4 members (excludes halogenated alkanes) is 3. The molecule has 0 aliphatic carbocycles. The fraction of sp³-hybridized carbons (Fsp3) is 1.00. The lowest BCUT2D eigenvalue weighted by Crippen LogP contribution is -2.18. The van der Waals surface area contributed by atoms with Crippen LogP contribution in [0.4, 0.5) is 0 Å². The summed E-state index contributed by atoms with van der Waals surface area (Å²) in [5.74, 6) is 0. The van der Waals surface area contributed by atoms with Gasteiger partial charge < -0.3 is 0 Å².